The summed E-state index contributed by atoms with van der Waals surface area (Å²) in [4.78, 5) is 2.20. The van der Waals surface area contributed by atoms with Crippen molar-refractivity contribution in [1.82, 2.24) is 4.90 Å². The largest absolute Gasteiger partial charge is 0.377 e. The second-order valence-corrected chi connectivity index (χ2v) is 3.48. The summed E-state index contributed by atoms with van der Waals surface area (Å²) in [6.45, 7) is 1.07. The van der Waals surface area contributed by atoms with Crippen molar-refractivity contribution >= 4 is 0 Å². The standard InChI is InChI=1S/C8H17NO/c1-9(2)7-8(10-3)5-4-6-8/h4-7H2,1-3H3. The van der Waals surface area contributed by atoms with Crippen molar-refractivity contribution < 1.29 is 4.74 Å². The maximum atomic E-state index is 5.44. The number of methoxy groups -OCH3 is 1. The van der Waals surface area contributed by atoms with Crippen molar-refractivity contribution in [3.63, 3.8) is 0 Å². The van der Waals surface area contributed by atoms with E-state index in [4.69, 9.17) is 4.74 Å². The van der Waals surface area contributed by atoms with E-state index in [0.29, 0.717) is 0 Å². The minimum Gasteiger partial charge on any atom is -0.377 e. The van der Waals surface area contributed by atoms with Gasteiger partial charge in [-0.15, -0.1) is 0 Å². The molecule has 0 aliphatic heterocycles. The molecule has 0 spiro atoms. The highest BCUT2D eigenvalue weighted by Gasteiger charge is 2.37. The van der Waals surface area contributed by atoms with Crippen LogP contribution in [0.25, 0.3) is 0 Å². The van der Waals surface area contributed by atoms with Crippen molar-refractivity contribution in [2.45, 2.75) is 24.9 Å². The maximum absolute atomic E-state index is 5.44. The third kappa shape index (κ3) is 1.50. The Kier molecular flexibility index (Phi) is 2.32. The lowest BCUT2D eigenvalue weighted by molar-refractivity contribution is -0.0848. The highest BCUT2D eigenvalue weighted by molar-refractivity contribution is 4.91. The first-order valence-corrected chi connectivity index (χ1v) is 3.88. The molecule has 0 aromatic rings. The van der Waals surface area contributed by atoms with Crippen LogP contribution in [-0.4, -0.2) is 38.3 Å². The van der Waals surface area contributed by atoms with Crippen LogP contribution in [0.3, 0.4) is 0 Å². The predicted octanol–water partition coefficient (Wildman–Crippen LogP) is 1.12. The Morgan fingerprint density at radius 1 is 1.40 bits per heavy atom. The van der Waals surface area contributed by atoms with Gasteiger partial charge in [0.05, 0.1) is 5.60 Å². The van der Waals surface area contributed by atoms with Gasteiger partial charge in [0, 0.05) is 13.7 Å². The van der Waals surface area contributed by atoms with Gasteiger partial charge in [0.15, 0.2) is 0 Å². The van der Waals surface area contributed by atoms with Gasteiger partial charge in [0.25, 0.3) is 0 Å². The average Bonchev–Trinajstić information content (AvgIpc) is 1.78. The average molecular weight is 143 g/mol. The highest BCUT2D eigenvalue weighted by atomic mass is 16.5. The summed E-state index contributed by atoms with van der Waals surface area (Å²) in [5, 5.41) is 0. The van der Waals surface area contributed by atoms with Crippen LogP contribution in [0.2, 0.25) is 0 Å². The van der Waals surface area contributed by atoms with E-state index in [1.54, 1.807) is 0 Å². The number of nitrogens with zero attached hydrogens (tertiary/aromatic N) is 1. The number of likely N-dealkylation sites (N-methyl/N-ethyl adjacent to an activating group) is 1. The quantitative estimate of drug-likeness (QED) is 0.587. The van der Waals surface area contributed by atoms with E-state index >= 15 is 0 Å². The topological polar surface area (TPSA) is 12.5 Å². The van der Waals surface area contributed by atoms with Crippen molar-refractivity contribution in [3.05, 3.63) is 0 Å². The van der Waals surface area contributed by atoms with Crippen LogP contribution in [0.4, 0.5) is 0 Å². The normalized spacial score (nSPS) is 22.8. The first kappa shape index (κ1) is 8.02. The van der Waals surface area contributed by atoms with Gasteiger partial charge < -0.3 is 9.64 Å². The Balaban J connectivity index is 2.33. The van der Waals surface area contributed by atoms with E-state index in [-0.39, 0.29) is 5.60 Å². The third-order valence-electron chi connectivity index (χ3n) is 2.30. The SMILES string of the molecule is COC1(CN(C)C)CCC1. The molecule has 2 nitrogen and oxygen atoms in total. The van der Waals surface area contributed by atoms with Crippen molar-refractivity contribution in [3.8, 4) is 0 Å². The van der Waals surface area contributed by atoms with E-state index < -0.39 is 0 Å². The Hall–Kier alpha value is -0.0800. The van der Waals surface area contributed by atoms with Crippen molar-refractivity contribution in [2.24, 2.45) is 0 Å². The number of rotatable bonds is 3. The first-order chi connectivity index (χ1) is 4.68. The van der Waals surface area contributed by atoms with Crippen molar-refractivity contribution in [2.75, 3.05) is 27.7 Å². The molecule has 0 atom stereocenters. The lowest BCUT2D eigenvalue weighted by Crippen LogP contribution is -2.47. The lowest BCUT2D eigenvalue weighted by Gasteiger charge is -2.42. The molecule has 0 unspecified atom stereocenters. The molecule has 0 bridgehead atoms. The Labute approximate surface area is 63.2 Å². The van der Waals surface area contributed by atoms with Crippen LogP contribution in [0, 0.1) is 0 Å². The van der Waals surface area contributed by atoms with E-state index in [1.165, 1.54) is 19.3 Å². The highest BCUT2D eigenvalue weighted by Crippen LogP contribution is 2.35. The lowest BCUT2D eigenvalue weighted by atomic mass is 9.80. The molecule has 0 aromatic heterocycles. The maximum Gasteiger partial charge on any atom is 0.0804 e. The third-order valence-corrected chi connectivity index (χ3v) is 2.30. The van der Waals surface area contributed by atoms with Gasteiger partial charge in [-0.3, -0.25) is 0 Å². The van der Waals surface area contributed by atoms with Gasteiger partial charge in [0.2, 0.25) is 0 Å². The van der Waals surface area contributed by atoms with Crippen LogP contribution in [0.15, 0.2) is 0 Å². The summed E-state index contributed by atoms with van der Waals surface area (Å²) in [6, 6.07) is 0. The molecule has 1 rings (SSSR count). The van der Waals surface area contributed by atoms with Crippen LogP contribution < -0.4 is 0 Å². The molecule has 10 heavy (non-hydrogen) atoms. The fourth-order valence-electron chi connectivity index (χ4n) is 1.57. The summed E-state index contributed by atoms with van der Waals surface area (Å²) in [5.74, 6) is 0. The van der Waals surface area contributed by atoms with Gasteiger partial charge in [0.1, 0.15) is 0 Å². The first-order valence-electron chi connectivity index (χ1n) is 3.88. The van der Waals surface area contributed by atoms with E-state index in [9.17, 15) is 0 Å². The molecule has 0 radical (unpaired) electrons. The molecule has 1 saturated carbocycles. The number of hydrogen-bond donors (Lipinski definition) is 0. The van der Waals surface area contributed by atoms with Crippen LogP contribution in [0.1, 0.15) is 19.3 Å². The Bertz CT molecular complexity index is 102. The molecular weight excluding hydrogens is 126 g/mol. The summed E-state index contributed by atoms with van der Waals surface area (Å²) < 4.78 is 5.44. The van der Waals surface area contributed by atoms with E-state index in [0.717, 1.165) is 6.54 Å². The van der Waals surface area contributed by atoms with E-state index in [2.05, 4.69) is 19.0 Å². The molecular formula is C8H17NO. The fraction of sp³-hybridized carbons (Fsp3) is 1.00. The molecule has 0 N–H and O–H groups in total. The van der Waals surface area contributed by atoms with Gasteiger partial charge in [-0.1, -0.05) is 0 Å². The zero-order valence-electron chi connectivity index (χ0n) is 7.18. The van der Waals surface area contributed by atoms with Gasteiger partial charge in [-0.2, -0.15) is 0 Å². The molecule has 1 aliphatic carbocycles. The second-order valence-electron chi connectivity index (χ2n) is 3.48. The molecule has 0 amide bonds. The Morgan fingerprint density at radius 3 is 2.10 bits per heavy atom. The zero-order chi connectivity index (χ0) is 7.61. The number of hydrogen-bond acceptors (Lipinski definition) is 2. The van der Waals surface area contributed by atoms with E-state index in [1.807, 2.05) is 7.11 Å². The summed E-state index contributed by atoms with van der Waals surface area (Å²) in [6.07, 6.45) is 3.81. The number of ether oxygens (including phenoxy) is 1. The molecule has 1 fully saturated rings. The summed E-state index contributed by atoms with van der Waals surface area (Å²) in [7, 11) is 6.01. The molecule has 0 saturated heterocycles. The monoisotopic (exact) mass is 143 g/mol. The minimum absolute atomic E-state index is 0.212. The molecule has 1 aliphatic rings. The Morgan fingerprint density at radius 2 is 2.00 bits per heavy atom. The molecule has 60 valence electrons. The van der Waals surface area contributed by atoms with Crippen LogP contribution in [0.5, 0.6) is 0 Å². The van der Waals surface area contributed by atoms with Crippen LogP contribution in [-0.2, 0) is 4.74 Å². The summed E-state index contributed by atoms with van der Waals surface area (Å²) >= 11 is 0. The van der Waals surface area contributed by atoms with Gasteiger partial charge in [-0.05, 0) is 33.4 Å². The minimum atomic E-state index is 0.212. The molecule has 0 heterocycles. The smallest absolute Gasteiger partial charge is 0.0804 e. The second kappa shape index (κ2) is 2.89. The van der Waals surface area contributed by atoms with Crippen molar-refractivity contribution in [1.29, 1.82) is 0 Å². The van der Waals surface area contributed by atoms with Gasteiger partial charge >= 0.3 is 0 Å². The van der Waals surface area contributed by atoms with Crippen LogP contribution >= 0.6 is 0 Å². The predicted molar refractivity (Wildman–Crippen MR) is 42.1 cm³/mol. The summed E-state index contributed by atoms with van der Waals surface area (Å²) in [5.41, 5.74) is 0.212. The zero-order valence-corrected chi connectivity index (χ0v) is 7.18. The van der Waals surface area contributed by atoms with Gasteiger partial charge in [-0.25, -0.2) is 0 Å². The molecule has 2 heteroatoms. The fourth-order valence-corrected chi connectivity index (χ4v) is 1.57. The molecule has 0 aromatic carbocycles.